The summed E-state index contributed by atoms with van der Waals surface area (Å²) in [6.07, 6.45) is 5.08. The van der Waals surface area contributed by atoms with Gasteiger partial charge in [-0.1, -0.05) is 24.4 Å². The molecule has 1 atom stereocenters. The van der Waals surface area contributed by atoms with Crippen molar-refractivity contribution in [3.8, 4) is 16.9 Å². The van der Waals surface area contributed by atoms with Crippen molar-refractivity contribution in [1.29, 1.82) is 0 Å². The lowest BCUT2D eigenvalue weighted by Gasteiger charge is -2.28. The Labute approximate surface area is 196 Å². The van der Waals surface area contributed by atoms with Crippen LogP contribution < -0.4 is 10.1 Å². The number of hydrogen-bond donors (Lipinski definition) is 3. The first kappa shape index (κ1) is 22.2. The molecular formula is C25H29N5O4. The van der Waals surface area contributed by atoms with Crippen LogP contribution in [0, 0.1) is 26.7 Å². The summed E-state index contributed by atoms with van der Waals surface area (Å²) in [6.45, 7) is 5.58. The first-order valence-electron chi connectivity index (χ1n) is 11.7. The number of carbonyl (C=O) groups is 1. The third kappa shape index (κ3) is 3.74. The maximum atomic E-state index is 12.2. The molecule has 3 N–H and O–H groups in total. The molecule has 1 fully saturated rings. The van der Waals surface area contributed by atoms with Gasteiger partial charge in [-0.05, 0) is 51.7 Å². The molecule has 9 heteroatoms. The second-order valence-corrected chi connectivity index (χ2v) is 9.12. The average Bonchev–Trinajstić information content (AvgIpc) is 3.34. The summed E-state index contributed by atoms with van der Waals surface area (Å²) in [5.41, 5.74) is 4.03. The summed E-state index contributed by atoms with van der Waals surface area (Å²) in [7, 11) is 1.63. The second kappa shape index (κ2) is 8.62. The van der Waals surface area contributed by atoms with Crippen LogP contribution in [0.25, 0.3) is 33.1 Å². The molecule has 1 aliphatic carbocycles. The topological polar surface area (TPSA) is 126 Å². The zero-order chi connectivity index (χ0) is 24.0. The smallest absolute Gasteiger partial charge is 0.326 e. The van der Waals surface area contributed by atoms with E-state index in [0.29, 0.717) is 28.8 Å². The predicted octanol–water partition coefficient (Wildman–Crippen LogP) is 5.15. The summed E-state index contributed by atoms with van der Waals surface area (Å²) in [6, 6.07) is 3.23. The Morgan fingerprint density at radius 3 is 2.62 bits per heavy atom. The molecule has 3 aromatic heterocycles. The maximum Gasteiger partial charge on any atom is 0.326 e. The number of carboxylic acids is 1. The molecule has 1 aliphatic rings. The number of H-pyrrole nitrogens is 1. The lowest BCUT2D eigenvalue weighted by molar-refractivity contribution is -0.139. The molecule has 1 saturated carbocycles. The summed E-state index contributed by atoms with van der Waals surface area (Å²) < 4.78 is 11.1. The first-order valence-corrected chi connectivity index (χ1v) is 11.7. The number of methoxy groups -OCH3 is 1. The monoisotopic (exact) mass is 463 g/mol. The number of aromatic nitrogens is 4. The van der Waals surface area contributed by atoms with Crippen LogP contribution in [0.4, 0.5) is 5.82 Å². The van der Waals surface area contributed by atoms with Gasteiger partial charge >= 0.3 is 5.97 Å². The van der Waals surface area contributed by atoms with Crippen LogP contribution in [0.2, 0.25) is 0 Å². The van der Waals surface area contributed by atoms with Gasteiger partial charge in [-0.25, -0.2) is 14.8 Å². The van der Waals surface area contributed by atoms with E-state index in [1.54, 1.807) is 7.11 Å². The molecule has 1 aromatic carbocycles. The summed E-state index contributed by atoms with van der Waals surface area (Å²) in [5.74, 6) is 1.68. The van der Waals surface area contributed by atoms with E-state index in [1.807, 2.05) is 32.9 Å². The lowest BCUT2D eigenvalue weighted by atomic mass is 9.84. The summed E-state index contributed by atoms with van der Waals surface area (Å²) >= 11 is 0. The fraction of sp³-hybridized carbons (Fsp3) is 0.440. The van der Waals surface area contributed by atoms with Crippen molar-refractivity contribution >= 4 is 33.7 Å². The number of nitrogens with zero attached hydrogens (tertiary/aromatic N) is 3. The van der Waals surface area contributed by atoms with Gasteiger partial charge in [0.25, 0.3) is 0 Å². The largest absolute Gasteiger partial charge is 0.496 e. The van der Waals surface area contributed by atoms with Crippen molar-refractivity contribution in [3.05, 3.63) is 29.4 Å². The summed E-state index contributed by atoms with van der Waals surface area (Å²) in [4.78, 5) is 24.8. The van der Waals surface area contributed by atoms with Crippen molar-refractivity contribution in [2.24, 2.45) is 5.92 Å². The average molecular weight is 464 g/mol. The maximum absolute atomic E-state index is 12.2. The molecule has 34 heavy (non-hydrogen) atoms. The van der Waals surface area contributed by atoms with Gasteiger partial charge < -0.3 is 24.7 Å². The third-order valence-corrected chi connectivity index (χ3v) is 6.87. The van der Waals surface area contributed by atoms with Gasteiger partial charge in [0, 0.05) is 16.5 Å². The van der Waals surface area contributed by atoms with Crippen molar-refractivity contribution < 1.29 is 19.2 Å². The van der Waals surface area contributed by atoms with Crippen molar-refractivity contribution in [1.82, 2.24) is 20.1 Å². The van der Waals surface area contributed by atoms with Crippen LogP contribution >= 0.6 is 0 Å². The van der Waals surface area contributed by atoms with E-state index in [-0.39, 0.29) is 5.92 Å². The Hall–Kier alpha value is -3.62. The highest BCUT2D eigenvalue weighted by atomic mass is 16.5. The molecule has 0 amide bonds. The number of aromatic amines is 1. The third-order valence-electron chi connectivity index (χ3n) is 6.87. The number of carboxylic acid groups (broad SMARTS) is 1. The summed E-state index contributed by atoms with van der Waals surface area (Å²) in [5, 5.41) is 19.0. The van der Waals surface area contributed by atoms with E-state index in [2.05, 4.69) is 25.4 Å². The van der Waals surface area contributed by atoms with Gasteiger partial charge in [-0.15, -0.1) is 0 Å². The fourth-order valence-corrected chi connectivity index (χ4v) is 5.27. The number of hydrogen-bond acceptors (Lipinski definition) is 7. The van der Waals surface area contributed by atoms with Gasteiger partial charge in [0.1, 0.15) is 34.8 Å². The number of fused-ring (bicyclic) bond motifs is 3. The standard InChI is InChI=1S/C25H29N5O4/c1-12-20(13(2)34-30-12)17-10-18-16(11-19(17)33-4)21-23(28-18)26-14(3)27-24(21)29-22(25(31)32)15-8-6-5-7-9-15/h10-11,15,22H,5-9H2,1-4H3,(H,31,32)(H2,26,27,28,29). The van der Waals surface area contributed by atoms with Crippen molar-refractivity contribution in [2.45, 2.75) is 58.9 Å². The number of benzene rings is 1. The van der Waals surface area contributed by atoms with Crippen LogP contribution in [0.3, 0.4) is 0 Å². The van der Waals surface area contributed by atoms with Gasteiger partial charge in [-0.2, -0.15) is 0 Å². The van der Waals surface area contributed by atoms with E-state index in [0.717, 1.165) is 65.2 Å². The zero-order valence-corrected chi connectivity index (χ0v) is 19.9. The molecule has 4 aromatic rings. The minimum Gasteiger partial charge on any atom is -0.496 e. The number of ether oxygens (including phenoxy) is 1. The van der Waals surface area contributed by atoms with E-state index < -0.39 is 12.0 Å². The first-order chi connectivity index (χ1) is 16.4. The molecule has 0 aliphatic heterocycles. The molecule has 0 radical (unpaired) electrons. The van der Waals surface area contributed by atoms with Gasteiger partial charge in [0.2, 0.25) is 0 Å². The minimum absolute atomic E-state index is 0.0717. The molecule has 9 nitrogen and oxygen atoms in total. The number of rotatable bonds is 6. The van der Waals surface area contributed by atoms with Crippen LogP contribution in [-0.2, 0) is 4.79 Å². The molecule has 1 unspecified atom stereocenters. The molecule has 3 heterocycles. The Bertz CT molecular complexity index is 1360. The second-order valence-electron chi connectivity index (χ2n) is 9.12. The fourth-order valence-electron chi connectivity index (χ4n) is 5.27. The SMILES string of the molecule is COc1cc2c(cc1-c1c(C)noc1C)[nH]c1nc(C)nc(NC(C(=O)O)C3CCCCC3)c12. The number of anilines is 1. The molecule has 0 spiro atoms. The molecule has 178 valence electrons. The highest BCUT2D eigenvalue weighted by Gasteiger charge is 2.31. The van der Waals surface area contributed by atoms with Crippen molar-refractivity contribution in [2.75, 3.05) is 12.4 Å². The Morgan fingerprint density at radius 2 is 1.97 bits per heavy atom. The lowest BCUT2D eigenvalue weighted by Crippen LogP contribution is -2.38. The quantitative estimate of drug-likeness (QED) is 0.359. The Morgan fingerprint density at radius 1 is 1.21 bits per heavy atom. The van der Waals surface area contributed by atoms with E-state index in [1.165, 1.54) is 0 Å². The van der Waals surface area contributed by atoms with Crippen LogP contribution in [0.5, 0.6) is 5.75 Å². The highest BCUT2D eigenvalue weighted by Crippen LogP contribution is 2.41. The van der Waals surface area contributed by atoms with E-state index in [4.69, 9.17) is 9.26 Å². The molecule has 5 rings (SSSR count). The normalized spacial score (nSPS) is 15.6. The Balaban J connectivity index is 1.67. The van der Waals surface area contributed by atoms with Gasteiger partial charge in [-0.3, -0.25) is 0 Å². The molecule has 0 saturated heterocycles. The highest BCUT2D eigenvalue weighted by molar-refractivity contribution is 6.13. The van der Waals surface area contributed by atoms with E-state index >= 15 is 0 Å². The number of aliphatic carboxylic acids is 1. The zero-order valence-electron chi connectivity index (χ0n) is 19.9. The minimum atomic E-state index is -0.852. The molecule has 0 bridgehead atoms. The van der Waals surface area contributed by atoms with E-state index in [9.17, 15) is 9.90 Å². The number of nitrogens with one attached hydrogen (secondary N) is 2. The van der Waals surface area contributed by atoms with Gasteiger partial charge in [0.15, 0.2) is 0 Å². The van der Waals surface area contributed by atoms with Crippen molar-refractivity contribution in [3.63, 3.8) is 0 Å². The van der Waals surface area contributed by atoms with Crippen LogP contribution in [0.15, 0.2) is 16.7 Å². The predicted molar refractivity (Wildman–Crippen MR) is 129 cm³/mol. The number of aryl methyl sites for hydroxylation is 3. The Kier molecular flexibility index (Phi) is 5.63. The van der Waals surface area contributed by atoms with Gasteiger partial charge in [0.05, 0.1) is 23.8 Å². The van der Waals surface area contributed by atoms with Crippen LogP contribution in [0.1, 0.15) is 49.4 Å². The van der Waals surface area contributed by atoms with Crippen LogP contribution in [-0.4, -0.2) is 44.3 Å². The molecular weight excluding hydrogens is 434 g/mol.